The van der Waals surface area contributed by atoms with Crippen molar-refractivity contribution in [2.45, 2.75) is 13.0 Å². The van der Waals surface area contributed by atoms with E-state index in [0.717, 1.165) is 33.2 Å². The van der Waals surface area contributed by atoms with E-state index in [0.29, 0.717) is 17.9 Å². The minimum atomic E-state index is -0.363. The molecule has 0 saturated carbocycles. The van der Waals surface area contributed by atoms with Crippen molar-refractivity contribution in [3.8, 4) is 11.5 Å². The van der Waals surface area contributed by atoms with Gasteiger partial charge in [-0.2, -0.15) is 0 Å². The van der Waals surface area contributed by atoms with Crippen LogP contribution in [0.25, 0.3) is 16.3 Å². The highest BCUT2D eigenvalue weighted by Crippen LogP contribution is 2.47. The first-order chi connectivity index (χ1) is 13.7. The van der Waals surface area contributed by atoms with E-state index < -0.39 is 0 Å². The number of hydrogen-bond donors (Lipinski definition) is 2. The number of fused-ring (bicyclic) bond motifs is 4. The summed E-state index contributed by atoms with van der Waals surface area (Å²) < 4.78 is 10.9. The SMILES string of the molecule is CCOc1cc([C@H]2Nc3ccc4ccccc4c3C3=C2C(=O)OC3)ccc1O. The summed E-state index contributed by atoms with van der Waals surface area (Å²) in [6, 6.07) is 17.1. The van der Waals surface area contributed by atoms with Crippen LogP contribution in [0.1, 0.15) is 24.1 Å². The summed E-state index contributed by atoms with van der Waals surface area (Å²) in [5.41, 5.74) is 4.38. The van der Waals surface area contributed by atoms with Gasteiger partial charge in [0.05, 0.1) is 18.2 Å². The Bertz CT molecular complexity index is 1150. The predicted molar refractivity (Wildman–Crippen MR) is 107 cm³/mol. The lowest BCUT2D eigenvalue weighted by molar-refractivity contribution is -0.136. The zero-order valence-electron chi connectivity index (χ0n) is 15.4. The third-order valence-electron chi connectivity index (χ3n) is 5.33. The maximum Gasteiger partial charge on any atom is 0.337 e. The maximum absolute atomic E-state index is 12.6. The Morgan fingerprint density at radius 3 is 2.89 bits per heavy atom. The smallest absolute Gasteiger partial charge is 0.337 e. The minimum absolute atomic E-state index is 0.0796. The number of esters is 1. The summed E-state index contributed by atoms with van der Waals surface area (Å²) >= 11 is 0. The van der Waals surface area contributed by atoms with E-state index in [1.165, 1.54) is 0 Å². The van der Waals surface area contributed by atoms with Gasteiger partial charge in [-0.3, -0.25) is 0 Å². The van der Waals surface area contributed by atoms with Crippen LogP contribution in [0.3, 0.4) is 0 Å². The molecule has 0 unspecified atom stereocenters. The van der Waals surface area contributed by atoms with Crippen molar-refractivity contribution in [2.24, 2.45) is 0 Å². The number of phenols is 1. The first-order valence-corrected chi connectivity index (χ1v) is 9.32. The highest BCUT2D eigenvalue weighted by Gasteiger charge is 2.38. The number of aromatic hydroxyl groups is 1. The number of nitrogens with one attached hydrogen (secondary N) is 1. The fourth-order valence-electron chi connectivity index (χ4n) is 4.09. The zero-order chi connectivity index (χ0) is 19.3. The molecule has 0 radical (unpaired) electrons. The number of carbonyl (C=O) groups excluding carboxylic acids is 1. The molecule has 0 fully saturated rings. The Kier molecular flexibility index (Phi) is 3.76. The van der Waals surface area contributed by atoms with Crippen molar-refractivity contribution in [1.29, 1.82) is 0 Å². The van der Waals surface area contributed by atoms with Gasteiger partial charge in [0.2, 0.25) is 0 Å². The van der Waals surface area contributed by atoms with Crippen molar-refractivity contribution in [1.82, 2.24) is 0 Å². The van der Waals surface area contributed by atoms with Crippen molar-refractivity contribution >= 4 is 28.0 Å². The van der Waals surface area contributed by atoms with E-state index in [1.54, 1.807) is 18.2 Å². The Morgan fingerprint density at radius 2 is 2.04 bits per heavy atom. The van der Waals surface area contributed by atoms with E-state index in [1.807, 2.05) is 25.1 Å². The molecule has 140 valence electrons. The van der Waals surface area contributed by atoms with Gasteiger partial charge >= 0.3 is 5.97 Å². The van der Waals surface area contributed by atoms with Crippen molar-refractivity contribution in [3.05, 3.63) is 71.3 Å². The Morgan fingerprint density at radius 1 is 1.18 bits per heavy atom. The molecule has 3 aromatic rings. The van der Waals surface area contributed by atoms with E-state index >= 15 is 0 Å². The normalized spacial score (nSPS) is 17.8. The van der Waals surface area contributed by atoms with Crippen LogP contribution in [0.15, 0.2) is 60.2 Å². The van der Waals surface area contributed by atoms with Gasteiger partial charge in [0.15, 0.2) is 11.5 Å². The summed E-state index contributed by atoms with van der Waals surface area (Å²) in [5.74, 6) is 0.174. The Labute approximate surface area is 162 Å². The number of carbonyl (C=O) groups is 1. The van der Waals surface area contributed by atoms with Crippen molar-refractivity contribution in [3.63, 3.8) is 0 Å². The molecule has 5 nitrogen and oxygen atoms in total. The summed E-state index contributed by atoms with van der Waals surface area (Å²) in [5, 5.41) is 15.7. The summed E-state index contributed by atoms with van der Waals surface area (Å²) in [6.07, 6.45) is 0. The molecule has 2 heterocycles. The van der Waals surface area contributed by atoms with Crippen LogP contribution in [0.2, 0.25) is 0 Å². The molecule has 28 heavy (non-hydrogen) atoms. The predicted octanol–water partition coefficient (Wildman–Crippen LogP) is 4.42. The van der Waals surface area contributed by atoms with Gasteiger partial charge in [0, 0.05) is 16.8 Å². The molecule has 1 atom stereocenters. The fraction of sp³-hybridized carbons (Fsp3) is 0.174. The summed E-state index contributed by atoms with van der Waals surface area (Å²) in [6.45, 7) is 2.57. The van der Waals surface area contributed by atoms with Crippen LogP contribution in [-0.2, 0) is 9.53 Å². The van der Waals surface area contributed by atoms with Gasteiger partial charge < -0.3 is 19.9 Å². The lowest BCUT2D eigenvalue weighted by Crippen LogP contribution is -2.22. The molecule has 5 heteroatoms. The van der Waals surface area contributed by atoms with Gasteiger partial charge in [-0.15, -0.1) is 0 Å². The molecular weight excluding hydrogens is 354 g/mol. The van der Waals surface area contributed by atoms with Gasteiger partial charge in [0.25, 0.3) is 0 Å². The lowest BCUT2D eigenvalue weighted by Gasteiger charge is -2.29. The maximum atomic E-state index is 12.6. The van der Waals surface area contributed by atoms with Crippen LogP contribution in [0.5, 0.6) is 11.5 Å². The third kappa shape index (κ3) is 2.43. The largest absolute Gasteiger partial charge is 0.504 e. The van der Waals surface area contributed by atoms with E-state index in [9.17, 15) is 9.90 Å². The minimum Gasteiger partial charge on any atom is -0.504 e. The number of anilines is 1. The molecule has 0 saturated heterocycles. The Balaban J connectivity index is 1.70. The monoisotopic (exact) mass is 373 g/mol. The zero-order valence-corrected chi connectivity index (χ0v) is 15.4. The second-order valence-corrected chi connectivity index (χ2v) is 6.92. The highest BCUT2D eigenvalue weighted by molar-refractivity contribution is 6.11. The second kappa shape index (κ2) is 6.30. The quantitative estimate of drug-likeness (QED) is 0.665. The summed E-state index contributed by atoms with van der Waals surface area (Å²) in [4.78, 5) is 12.6. The second-order valence-electron chi connectivity index (χ2n) is 6.92. The van der Waals surface area contributed by atoms with Gasteiger partial charge in [-0.05, 0) is 41.5 Å². The van der Waals surface area contributed by atoms with Crippen LogP contribution in [0.4, 0.5) is 5.69 Å². The first-order valence-electron chi connectivity index (χ1n) is 9.32. The average molecular weight is 373 g/mol. The van der Waals surface area contributed by atoms with Crippen molar-refractivity contribution in [2.75, 3.05) is 18.5 Å². The van der Waals surface area contributed by atoms with Gasteiger partial charge in [0.1, 0.15) is 6.61 Å². The molecule has 2 N–H and O–H groups in total. The molecule has 0 aliphatic carbocycles. The van der Waals surface area contributed by atoms with E-state index in [4.69, 9.17) is 9.47 Å². The fourth-order valence-corrected chi connectivity index (χ4v) is 4.09. The lowest BCUT2D eigenvalue weighted by atomic mass is 9.85. The molecule has 2 aliphatic heterocycles. The van der Waals surface area contributed by atoms with Crippen molar-refractivity contribution < 1.29 is 19.4 Å². The third-order valence-corrected chi connectivity index (χ3v) is 5.33. The van der Waals surface area contributed by atoms with Crippen LogP contribution in [-0.4, -0.2) is 24.3 Å². The van der Waals surface area contributed by atoms with Crippen LogP contribution >= 0.6 is 0 Å². The number of ether oxygens (including phenoxy) is 2. The number of rotatable bonds is 3. The Hall–Kier alpha value is -3.47. The van der Waals surface area contributed by atoms with Gasteiger partial charge in [-0.1, -0.05) is 36.4 Å². The number of cyclic esters (lactones) is 1. The molecule has 0 bridgehead atoms. The number of phenolic OH excluding ortho intramolecular Hbond substituents is 1. The van der Waals surface area contributed by atoms with Gasteiger partial charge in [-0.25, -0.2) is 4.79 Å². The van der Waals surface area contributed by atoms with E-state index in [2.05, 4.69) is 23.5 Å². The van der Waals surface area contributed by atoms with Crippen LogP contribution < -0.4 is 10.1 Å². The molecular formula is C23H19NO4. The van der Waals surface area contributed by atoms with E-state index in [-0.39, 0.29) is 24.4 Å². The molecule has 5 rings (SSSR count). The topological polar surface area (TPSA) is 67.8 Å². The number of benzene rings is 3. The molecule has 0 amide bonds. The average Bonchev–Trinajstić information content (AvgIpc) is 3.11. The number of hydrogen-bond acceptors (Lipinski definition) is 5. The molecule has 2 aliphatic rings. The standard InChI is InChI=1S/C23H19NO4/c1-2-27-19-11-14(8-10-18(19)25)22-21-16(12-28-23(21)26)20-15-6-4-3-5-13(15)7-9-17(20)24-22/h3-11,22,24-25H,2,12H2,1H3/t22-/m1/s1. The van der Waals surface area contributed by atoms with Crippen LogP contribution in [0, 0.1) is 0 Å². The highest BCUT2D eigenvalue weighted by atomic mass is 16.5. The summed E-state index contributed by atoms with van der Waals surface area (Å²) in [7, 11) is 0. The first kappa shape index (κ1) is 16.7. The molecule has 0 spiro atoms. The molecule has 3 aromatic carbocycles. The molecule has 0 aromatic heterocycles.